The summed E-state index contributed by atoms with van der Waals surface area (Å²) in [5.74, 6) is -1.01. The Labute approximate surface area is 259 Å². The number of nitrogens with one attached hydrogen (secondary N) is 2. The molecule has 0 fully saturated rings. The monoisotopic (exact) mass is 698 g/mol. The van der Waals surface area contributed by atoms with Gasteiger partial charge < -0.3 is 15.7 Å². The zero-order valence-corrected chi connectivity index (χ0v) is 25.4. The number of rotatable bonds is 11. The Kier molecular flexibility index (Phi) is 8.59. The van der Waals surface area contributed by atoms with E-state index in [2.05, 4.69) is 40.0 Å². The molecular formula is C23H19ClN8O10S3. The van der Waals surface area contributed by atoms with Gasteiger partial charge in [0.1, 0.15) is 22.5 Å². The first kappa shape index (κ1) is 31.9. The number of nitrogens with zero attached hydrogens (tertiary/aromatic N) is 6. The summed E-state index contributed by atoms with van der Waals surface area (Å²) in [5.41, 5.74) is 1.31. The molecule has 5 rings (SSSR count). The number of anilines is 4. The average molecular weight is 699 g/mol. The minimum Gasteiger partial charge on any atom is -0.506 e. The van der Waals surface area contributed by atoms with Crippen molar-refractivity contribution in [3.05, 3.63) is 65.9 Å². The van der Waals surface area contributed by atoms with Crippen LogP contribution in [0.3, 0.4) is 0 Å². The summed E-state index contributed by atoms with van der Waals surface area (Å²) < 4.78 is 90.7. The van der Waals surface area contributed by atoms with Crippen molar-refractivity contribution in [1.29, 1.82) is 0 Å². The summed E-state index contributed by atoms with van der Waals surface area (Å²) in [5, 5.41) is 24.5. The number of aromatic hydroxyl groups is 1. The second kappa shape index (κ2) is 12.1. The SMILES string of the molecule is O=S(=O)(O)OCCS(=O)(=O)c1ccc(Nc2nc(Cl)nc(Nc3ccc(-n4nc5ccc(S(=O)(=O)O)cc5n4)c(O)c3)n2)cc1. The largest absolute Gasteiger partial charge is 0.506 e. The molecule has 0 atom stereocenters. The van der Waals surface area contributed by atoms with Crippen molar-refractivity contribution < 1.29 is 43.6 Å². The van der Waals surface area contributed by atoms with Crippen LogP contribution in [0.4, 0.5) is 23.3 Å². The van der Waals surface area contributed by atoms with E-state index >= 15 is 0 Å². The van der Waals surface area contributed by atoms with Crippen LogP contribution < -0.4 is 10.6 Å². The highest BCUT2D eigenvalue weighted by atomic mass is 35.5. The van der Waals surface area contributed by atoms with Gasteiger partial charge in [0.2, 0.25) is 17.2 Å². The number of hydrogen-bond acceptors (Lipinski definition) is 15. The van der Waals surface area contributed by atoms with Gasteiger partial charge in [-0.15, -0.1) is 15.0 Å². The van der Waals surface area contributed by atoms with Gasteiger partial charge in [-0.05, 0) is 66.2 Å². The first-order valence-electron chi connectivity index (χ1n) is 12.1. The number of hydrogen-bond donors (Lipinski definition) is 5. The Morgan fingerprint density at radius 3 is 1.98 bits per heavy atom. The van der Waals surface area contributed by atoms with E-state index in [1.54, 1.807) is 0 Å². The van der Waals surface area contributed by atoms with Crippen molar-refractivity contribution >= 4 is 76.3 Å². The second-order valence-corrected chi connectivity index (χ2v) is 13.9. The minimum absolute atomic E-state index is 0.0211. The Morgan fingerprint density at radius 2 is 1.36 bits per heavy atom. The normalized spacial score (nSPS) is 12.3. The van der Waals surface area contributed by atoms with Crippen LogP contribution in [0.15, 0.2) is 70.5 Å². The quantitative estimate of drug-likeness (QED) is 0.124. The summed E-state index contributed by atoms with van der Waals surface area (Å²) in [4.78, 5) is 12.8. The number of phenols is 1. The summed E-state index contributed by atoms with van der Waals surface area (Å²) >= 11 is 6.05. The van der Waals surface area contributed by atoms with E-state index < -0.39 is 42.7 Å². The number of sulfone groups is 1. The van der Waals surface area contributed by atoms with Gasteiger partial charge in [0.15, 0.2) is 9.84 Å². The maximum absolute atomic E-state index is 12.4. The average Bonchev–Trinajstić information content (AvgIpc) is 3.35. The molecule has 0 bridgehead atoms. The molecule has 0 saturated carbocycles. The Hall–Kier alpha value is -4.51. The van der Waals surface area contributed by atoms with Gasteiger partial charge in [-0.25, -0.2) is 12.6 Å². The molecule has 2 aromatic heterocycles. The van der Waals surface area contributed by atoms with Gasteiger partial charge in [0.05, 0.1) is 22.2 Å². The van der Waals surface area contributed by atoms with Crippen LogP contribution in [-0.2, 0) is 34.5 Å². The number of aromatic nitrogens is 6. The van der Waals surface area contributed by atoms with E-state index in [4.69, 9.17) is 16.2 Å². The molecule has 0 amide bonds. The lowest BCUT2D eigenvalue weighted by Gasteiger charge is -2.10. The lowest BCUT2D eigenvalue weighted by Crippen LogP contribution is -2.15. The summed E-state index contributed by atoms with van der Waals surface area (Å²) in [6, 6.07) is 13.3. The molecule has 0 saturated heterocycles. The van der Waals surface area contributed by atoms with Crippen LogP contribution in [0.1, 0.15) is 0 Å². The lowest BCUT2D eigenvalue weighted by molar-refractivity contribution is 0.284. The third kappa shape index (κ3) is 7.96. The van der Waals surface area contributed by atoms with Gasteiger partial charge in [-0.1, -0.05) is 0 Å². The molecule has 0 radical (unpaired) electrons. The number of benzene rings is 3. The number of phenolic OH excluding ortho intramolecular Hbond substituents is 1. The smallest absolute Gasteiger partial charge is 0.397 e. The summed E-state index contributed by atoms with van der Waals surface area (Å²) in [7, 11) is -13.1. The fraction of sp³-hybridized carbons (Fsp3) is 0.0870. The number of halogens is 1. The van der Waals surface area contributed by atoms with Crippen LogP contribution >= 0.6 is 11.6 Å². The molecule has 5 aromatic rings. The molecule has 0 aliphatic rings. The highest BCUT2D eigenvalue weighted by Crippen LogP contribution is 2.28. The standard InChI is InChI=1S/C23H19ClN8O10S3/c24-21-27-22(25-13-1-4-15(5-2-13)43(34,35)10-9-42-45(39,40)41)29-23(28-21)26-14-3-8-19(20(33)11-14)32-30-17-7-6-16(44(36,37)38)12-18(17)31-32/h1-8,11-12,33H,9-10H2,(H,36,37,38)(H,39,40,41)(H2,25,26,27,28,29). The van der Waals surface area contributed by atoms with Crippen LogP contribution in [0.2, 0.25) is 5.28 Å². The summed E-state index contributed by atoms with van der Waals surface area (Å²) in [6.07, 6.45) is 0. The lowest BCUT2D eigenvalue weighted by atomic mass is 10.2. The third-order valence-electron chi connectivity index (χ3n) is 5.76. The van der Waals surface area contributed by atoms with Crippen molar-refractivity contribution in [2.75, 3.05) is 23.0 Å². The maximum Gasteiger partial charge on any atom is 0.397 e. The highest BCUT2D eigenvalue weighted by molar-refractivity contribution is 7.91. The second-order valence-electron chi connectivity index (χ2n) is 8.91. The zero-order chi connectivity index (χ0) is 32.6. The summed E-state index contributed by atoms with van der Waals surface area (Å²) in [6.45, 7) is -0.765. The van der Waals surface area contributed by atoms with Gasteiger partial charge in [0, 0.05) is 17.4 Å². The molecule has 0 spiro atoms. The topological polar surface area (TPSA) is 266 Å². The Bertz CT molecular complexity index is 2250. The fourth-order valence-electron chi connectivity index (χ4n) is 3.77. The van der Waals surface area contributed by atoms with Crippen molar-refractivity contribution in [3.8, 4) is 11.4 Å². The van der Waals surface area contributed by atoms with E-state index in [-0.39, 0.29) is 43.9 Å². The maximum atomic E-state index is 12.4. The van der Waals surface area contributed by atoms with Gasteiger partial charge >= 0.3 is 10.4 Å². The number of fused-ring (bicyclic) bond motifs is 1. The van der Waals surface area contributed by atoms with E-state index in [1.807, 2.05) is 0 Å². The van der Waals surface area contributed by atoms with E-state index in [1.165, 1.54) is 54.6 Å². The Morgan fingerprint density at radius 1 is 0.756 bits per heavy atom. The van der Waals surface area contributed by atoms with Gasteiger partial charge in [-0.3, -0.25) is 9.11 Å². The minimum atomic E-state index is -4.77. The molecule has 18 nitrogen and oxygen atoms in total. The molecule has 3 aromatic carbocycles. The predicted molar refractivity (Wildman–Crippen MR) is 158 cm³/mol. The van der Waals surface area contributed by atoms with Crippen molar-refractivity contribution in [2.45, 2.75) is 9.79 Å². The molecule has 5 N–H and O–H groups in total. The fourth-order valence-corrected chi connectivity index (χ4v) is 5.91. The zero-order valence-electron chi connectivity index (χ0n) is 22.2. The van der Waals surface area contributed by atoms with Crippen LogP contribution in [0, 0.1) is 0 Å². The highest BCUT2D eigenvalue weighted by Gasteiger charge is 2.18. The van der Waals surface area contributed by atoms with Crippen molar-refractivity contribution in [3.63, 3.8) is 0 Å². The van der Waals surface area contributed by atoms with Crippen LogP contribution in [0.5, 0.6) is 5.75 Å². The molecule has 2 heterocycles. The van der Waals surface area contributed by atoms with Gasteiger partial charge in [-0.2, -0.15) is 31.8 Å². The predicted octanol–water partition coefficient (Wildman–Crippen LogP) is 2.29. The van der Waals surface area contributed by atoms with Crippen LogP contribution in [-0.4, -0.2) is 81.8 Å². The van der Waals surface area contributed by atoms with Crippen LogP contribution in [0.25, 0.3) is 16.7 Å². The first-order chi connectivity index (χ1) is 21.1. The first-order valence-corrected chi connectivity index (χ1v) is 17.0. The van der Waals surface area contributed by atoms with Gasteiger partial charge in [0.25, 0.3) is 10.1 Å². The molecular weight excluding hydrogens is 680 g/mol. The molecule has 0 aliphatic carbocycles. The molecule has 0 unspecified atom stereocenters. The third-order valence-corrected chi connectivity index (χ3v) is 8.94. The van der Waals surface area contributed by atoms with E-state index in [0.717, 1.165) is 10.9 Å². The molecule has 236 valence electrons. The van der Waals surface area contributed by atoms with E-state index in [9.17, 15) is 34.9 Å². The van der Waals surface area contributed by atoms with Crippen molar-refractivity contribution in [1.82, 2.24) is 29.9 Å². The van der Waals surface area contributed by atoms with E-state index in [0.29, 0.717) is 16.9 Å². The molecule has 0 aliphatic heterocycles. The molecule has 45 heavy (non-hydrogen) atoms. The molecule has 22 heteroatoms. The van der Waals surface area contributed by atoms with Crippen molar-refractivity contribution in [2.24, 2.45) is 0 Å². The Balaban J connectivity index is 1.29.